The summed E-state index contributed by atoms with van der Waals surface area (Å²) < 4.78 is 0. The number of nitro benzene ring substituents is 2. The Balaban J connectivity index is 2.59. The number of rotatable bonds is 8. The molecule has 0 fully saturated rings. The summed E-state index contributed by atoms with van der Waals surface area (Å²) in [5.41, 5.74) is 0.249. The molecule has 0 aromatic heterocycles. The SMILES string of the molecule is CCN(CC)c1ccc([N+](=O)[O-])cc1C=C(C#N)C(=O)c1cccc([N+](=O)[O-])c1. The third kappa shape index (κ3) is 4.81. The van der Waals surface area contributed by atoms with Gasteiger partial charge in [-0.3, -0.25) is 25.0 Å². The fourth-order valence-electron chi connectivity index (χ4n) is 2.84. The first-order chi connectivity index (χ1) is 13.8. The molecule has 148 valence electrons. The first-order valence-corrected chi connectivity index (χ1v) is 8.76. The van der Waals surface area contributed by atoms with Gasteiger partial charge in [0.25, 0.3) is 11.4 Å². The molecular formula is C20H18N4O5. The van der Waals surface area contributed by atoms with Crippen LogP contribution in [0.25, 0.3) is 6.08 Å². The molecule has 0 amide bonds. The Morgan fingerprint density at radius 2 is 1.69 bits per heavy atom. The Hall–Kier alpha value is -4.06. The second-order valence-corrected chi connectivity index (χ2v) is 5.98. The van der Waals surface area contributed by atoms with Gasteiger partial charge in [-0.05, 0) is 26.0 Å². The lowest BCUT2D eigenvalue weighted by Gasteiger charge is -2.23. The number of non-ortho nitro benzene ring substituents is 2. The zero-order valence-electron chi connectivity index (χ0n) is 15.9. The van der Waals surface area contributed by atoms with Crippen LogP contribution in [0.4, 0.5) is 17.1 Å². The highest BCUT2D eigenvalue weighted by molar-refractivity contribution is 6.14. The van der Waals surface area contributed by atoms with E-state index in [4.69, 9.17) is 0 Å². The van der Waals surface area contributed by atoms with Crippen molar-refractivity contribution in [3.63, 3.8) is 0 Å². The number of carbonyl (C=O) groups excluding carboxylic acids is 1. The highest BCUT2D eigenvalue weighted by Gasteiger charge is 2.18. The van der Waals surface area contributed by atoms with Gasteiger partial charge in [-0.15, -0.1) is 0 Å². The monoisotopic (exact) mass is 394 g/mol. The lowest BCUT2D eigenvalue weighted by molar-refractivity contribution is -0.385. The summed E-state index contributed by atoms with van der Waals surface area (Å²) in [7, 11) is 0. The molecule has 0 radical (unpaired) electrons. The van der Waals surface area contributed by atoms with Gasteiger partial charge in [0.05, 0.1) is 9.85 Å². The largest absolute Gasteiger partial charge is 0.372 e. The second kappa shape index (κ2) is 9.23. The molecule has 0 aliphatic rings. The highest BCUT2D eigenvalue weighted by Crippen LogP contribution is 2.28. The number of ketones is 1. The van der Waals surface area contributed by atoms with Gasteiger partial charge in [0.1, 0.15) is 11.6 Å². The molecule has 0 spiro atoms. The van der Waals surface area contributed by atoms with Crippen LogP contribution in [0.3, 0.4) is 0 Å². The summed E-state index contributed by atoms with van der Waals surface area (Å²) in [6.07, 6.45) is 1.28. The van der Waals surface area contributed by atoms with Crippen molar-refractivity contribution in [3.8, 4) is 6.07 Å². The Kier molecular flexibility index (Phi) is 6.76. The Labute approximate surface area is 166 Å². The van der Waals surface area contributed by atoms with Gasteiger partial charge in [0.15, 0.2) is 0 Å². The van der Waals surface area contributed by atoms with Crippen LogP contribution in [0.1, 0.15) is 29.8 Å². The molecular weight excluding hydrogens is 376 g/mol. The normalized spacial score (nSPS) is 10.9. The Bertz CT molecular complexity index is 1040. The third-order valence-corrected chi connectivity index (χ3v) is 4.31. The zero-order valence-corrected chi connectivity index (χ0v) is 15.9. The van der Waals surface area contributed by atoms with Crippen molar-refractivity contribution >= 4 is 28.9 Å². The molecule has 0 bridgehead atoms. The van der Waals surface area contributed by atoms with Gasteiger partial charge < -0.3 is 4.90 Å². The molecule has 9 heteroatoms. The number of carbonyl (C=O) groups is 1. The third-order valence-electron chi connectivity index (χ3n) is 4.31. The van der Waals surface area contributed by atoms with E-state index in [9.17, 15) is 30.3 Å². The van der Waals surface area contributed by atoms with Gasteiger partial charge in [-0.1, -0.05) is 12.1 Å². The summed E-state index contributed by atoms with van der Waals surface area (Å²) in [5.74, 6) is -0.701. The van der Waals surface area contributed by atoms with Crippen LogP contribution in [0.5, 0.6) is 0 Å². The van der Waals surface area contributed by atoms with E-state index < -0.39 is 15.6 Å². The van der Waals surface area contributed by atoms with E-state index in [1.807, 2.05) is 18.7 Å². The Morgan fingerprint density at radius 3 is 2.24 bits per heavy atom. The van der Waals surface area contributed by atoms with Crippen LogP contribution in [-0.4, -0.2) is 28.7 Å². The van der Waals surface area contributed by atoms with Crippen LogP contribution < -0.4 is 4.90 Å². The topological polar surface area (TPSA) is 130 Å². The molecule has 0 saturated carbocycles. The molecule has 2 aromatic rings. The molecule has 0 aliphatic heterocycles. The highest BCUT2D eigenvalue weighted by atomic mass is 16.6. The zero-order chi connectivity index (χ0) is 21.6. The molecule has 2 aromatic carbocycles. The van der Waals surface area contributed by atoms with Gasteiger partial charge in [0, 0.05) is 54.2 Å². The molecule has 0 aliphatic carbocycles. The maximum Gasteiger partial charge on any atom is 0.270 e. The molecule has 0 atom stereocenters. The predicted molar refractivity (Wildman–Crippen MR) is 108 cm³/mol. The first kappa shape index (κ1) is 21.2. The van der Waals surface area contributed by atoms with Crippen molar-refractivity contribution in [2.45, 2.75) is 13.8 Å². The van der Waals surface area contributed by atoms with Crippen LogP contribution in [0, 0.1) is 31.6 Å². The molecule has 29 heavy (non-hydrogen) atoms. The number of hydrogen-bond donors (Lipinski definition) is 0. The summed E-state index contributed by atoms with van der Waals surface area (Å²) >= 11 is 0. The molecule has 0 unspecified atom stereocenters. The van der Waals surface area contributed by atoms with Crippen LogP contribution in [0.2, 0.25) is 0 Å². The number of nitrogens with zero attached hydrogens (tertiary/aromatic N) is 4. The minimum atomic E-state index is -0.701. The maximum absolute atomic E-state index is 12.7. The van der Waals surface area contributed by atoms with E-state index in [2.05, 4.69) is 0 Å². The number of anilines is 1. The van der Waals surface area contributed by atoms with E-state index in [1.165, 1.54) is 36.4 Å². The summed E-state index contributed by atoms with van der Waals surface area (Å²) in [6, 6.07) is 11.1. The van der Waals surface area contributed by atoms with E-state index in [1.54, 1.807) is 12.1 Å². The standard InChI is InChI=1S/C20H18N4O5/c1-3-22(4-2)19-9-8-18(24(28)29)12-15(19)10-16(13-21)20(25)14-6-5-7-17(11-14)23(26)27/h5-12H,3-4H2,1-2H3. The number of allylic oxidation sites excluding steroid dienone is 1. The average molecular weight is 394 g/mol. The summed E-state index contributed by atoms with van der Waals surface area (Å²) in [6.45, 7) is 5.07. The molecule has 0 N–H and O–H groups in total. The van der Waals surface area contributed by atoms with Crippen molar-refractivity contribution in [1.82, 2.24) is 0 Å². The fraction of sp³-hybridized carbons (Fsp3) is 0.200. The smallest absolute Gasteiger partial charge is 0.270 e. The van der Waals surface area contributed by atoms with Gasteiger partial charge in [0.2, 0.25) is 5.78 Å². The van der Waals surface area contributed by atoms with E-state index in [0.29, 0.717) is 24.3 Å². The van der Waals surface area contributed by atoms with Gasteiger partial charge in [-0.2, -0.15) is 5.26 Å². The lowest BCUT2D eigenvalue weighted by atomic mass is 10.00. The van der Waals surface area contributed by atoms with Crippen LogP contribution >= 0.6 is 0 Å². The Morgan fingerprint density at radius 1 is 1.07 bits per heavy atom. The van der Waals surface area contributed by atoms with Crippen molar-refractivity contribution < 1.29 is 14.6 Å². The summed E-state index contributed by atoms with van der Waals surface area (Å²) in [4.78, 5) is 35.6. The van der Waals surface area contributed by atoms with Gasteiger partial charge in [-0.25, -0.2) is 0 Å². The first-order valence-electron chi connectivity index (χ1n) is 8.76. The number of nitro groups is 2. The quantitative estimate of drug-likeness (QED) is 0.216. The summed E-state index contributed by atoms with van der Waals surface area (Å²) in [5, 5.41) is 31.6. The van der Waals surface area contributed by atoms with E-state index >= 15 is 0 Å². The van der Waals surface area contributed by atoms with Crippen LogP contribution in [-0.2, 0) is 0 Å². The number of benzene rings is 2. The molecule has 0 heterocycles. The second-order valence-electron chi connectivity index (χ2n) is 5.98. The number of nitriles is 1. The van der Waals surface area contributed by atoms with Crippen molar-refractivity contribution in [2.24, 2.45) is 0 Å². The number of hydrogen-bond acceptors (Lipinski definition) is 7. The molecule has 9 nitrogen and oxygen atoms in total. The lowest BCUT2D eigenvalue weighted by Crippen LogP contribution is -2.22. The van der Waals surface area contributed by atoms with Crippen LogP contribution in [0.15, 0.2) is 48.0 Å². The van der Waals surface area contributed by atoms with E-state index in [-0.39, 0.29) is 22.5 Å². The fourth-order valence-corrected chi connectivity index (χ4v) is 2.84. The van der Waals surface area contributed by atoms with Crippen molar-refractivity contribution in [2.75, 3.05) is 18.0 Å². The average Bonchev–Trinajstić information content (AvgIpc) is 2.73. The van der Waals surface area contributed by atoms with E-state index in [0.717, 1.165) is 6.07 Å². The molecule has 2 rings (SSSR count). The minimum Gasteiger partial charge on any atom is -0.372 e. The van der Waals surface area contributed by atoms with Gasteiger partial charge >= 0.3 is 0 Å². The minimum absolute atomic E-state index is 0.0122. The molecule has 0 saturated heterocycles. The van der Waals surface area contributed by atoms with Crippen molar-refractivity contribution in [1.29, 1.82) is 5.26 Å². The van der Waals surface area contributed by atoms with Crippen molar-refractivity contribution in [3.05, 3.63) is 79.4 Å². The number of Topliss-reactive ketones (excluding diaryl/α,β-unsaturated/α-hetero) is 1. The maximum atomic E-state index is 12.7. The predicted octanol–water partition coefficient (Wildman–Crippen LogP) is 4.14.